The van der Waals surface area contributed by atoms with Crippen molar-refractivity contribution >= 4 is 22.7 Å². The van der Waals surface area contributed by atoms with Crippen LogP contribution in [0, 0.1) is 5.82 Å². The van der Waals surface area contributed by atoms with Crippen LogP contribution in [0.4, 0.5) is 15.0 Å². The zero-order valence-corrected chi connectivity index (χ0v) is 19.0. The van der Waals surface area contributed by atoms with Crippen molar-refractivity contribution in [1.29, 1.82) is 0 Å². The lowest BCUT2D eigenvalue weighted by molar-refractivity contribution is 0.0136. The number of aromatic nitrogens is 2. The molecule has 1 aromatic heterocycles. The molecule has 0 aliphatic carbocycles. The van der Waals surface area contributed by atoms with Gasteiger partial charge in [-0.25, -0.2) is 9.18 Å². The monoisotopic (exact) mass is 436 g/mol. The standard InChI is InChI=1S/C25H29FN4O2/c1-5-19-16-29(14-15-30(19)24(31)32-25(2,3)4)23-21-9-7-6-8-20(21)22(27-28-23)17-10-12-18(26)13-11-17/h6-13,19H,5,14-16H2,1-4H3. The van der Waals surface area contributed by atoms with Gasteiger partial charge in [-0.05, 0) is 51.5 Å². The molecule has 168 valence electrons. The maximum atomic E-state index is 13.4. The summed E-state index contributed by atoms with van der Waals surface area (Å²) in [6.45, 7) is 9.58. The minimum atomic E-state index is -0.523. The fourth-order valence-electron chi connectivity index (χ4n) is 4.10. The third kappa shape index (κ3) is 4.52. The van der Waals surface area contributed by atoms with Crippen LogP contribution in [0.15, 0.2) is 48.5 Å². The van der Waals surface area contributed by atoms with Gasteiger partial charge in [0.05, 0.1) is 6.04 Å². The van der Waals surface area contributed by atoms with Gasteiger partial charge < -0.3 is 14.5 Å². The maximum absolute atomic E-state index is 13.4. The van der Waals surface area contributed by atoms with E-state index in [4.69, 9.17) is 4.74 Å². The second-order valence-electron chi connectivity index (χ2n) is 9.11. The third-order valence-corrected chi connectivity index (χ3v) is 5.67. The number of benzene rings is 2. The van der Waals surface area contributed by atoms with Crippen molar-refractivity contribution in [3.63, 3.8) is 0 Å². The highest BCUT2D eigenvalue weighted by molar-refractivity contribution is 6.00. The van der Waals surface area contributed by atoms with Crippen LogP contribution in [-0.4, -0.2) is 52.5 Å². The predicted molar refractivity (Wildman–Crippen MR) is 124 cm³/mol. The van der Waals surface area contributed by atoms with Gasteiger partial charge in [0.15, 0.2) is 5.82 Å². The quantitative estimate of drug-likeness (QED) is 0.560. The van der Waals surface area contributed by atoms with Crippen molar-refractivity contribution < 1.29 is 13.9 Å². The van der Waals surface area contributed by atoms with Crippen LogP contribution < -0.4 is 4.90 Å². The molecule has 1 saturated heterocycles. The fraction of sp³-hybridized carbons (Fsp3) is 0.400. The Balaban J connectivity index is 1.64. The topological polar surface area (TPSA) is 58.6 Å². The molecule has 32 heavy (non-hydrogen) atoms. The van der Waals surface area contributed by atoms with E-state index in [1.807, 2.05) is 49.9 Å². The highest BCUT2D eigenvalue weighted by Gasteiger charge is 2.33. The van der Waals surface area contributed by atoms with Gasteiger partial charge in [-0.1, -0.05) is 31.2 Å². The first-order chi connectivity index (χ1) is 15.3. The van der Waals surface area contributed by atoms with E-state index in [1.165, 1.54) is 12.1 Å². The van der Waals surface area contributed by atoms with Gasteiger partial charge in [0.25, 0.3) is 0 Å². The van der Waals surface area contributed by atoms with Crippen LogP contribution in [0.1, 0.15) is 34.1 Å². The average molecular weight is 437 g/mol. The van der Waals surface area contributed by atoms with E-state index in [0.717, 1.165) is 34.3 Å². The van der Waals surface area contributed by atoms with E-state index >= 15 is 0 Å². The first kappa shape index (κ1) is 22.0. The van der Waals surface area contributed by atoms with Gasteiger partial charge in [0, 0.05) is 36.0 Å². The summed E-state index contributed by atoms with van der Waals surface area (Å²) in [5.74, 6) is 0.518. The minimum Gasteiger partial charge on any atom is -0.444 e. The van der Waals surface area contributed by atoms with Crippen molar-refractivity contribution in [2.24, 2.45) is 0 Å². The molecule has 7 heteroatoms. The van der Waals surface area contributed by atoms with Gasteiger partial charge in [-0.15, -0.1) is 10.2 Å². The zero-order valence-electron chi connectivity index (χ0n) is 19.0. The number of halogens is 1. The molecule has 0 saturated carbocycles. The number of hydrogen-bond donors (Lipinski definition) is 0. The van der Waals surface area contributed by atoms with Crippen molar-refractivity contribution in [3.8, 4) is 11.3 Å². The van der Waals surface area contributed by atoms with Gasteiger partial charge in [0.2, 0.25) is 0 Å². The highest BCUT2D eigenvalue weighted by atomic mass is 19.1. The first-order valence-corrected chi connectivity index (χ1v) is 11.0. The van der Waals surface area contributed by atoms with Gasteiger partial charge in [-0.3, -0.25) is 0 Å². The van der Waals surface area contributed by atoms with E-state index in [-0.39, 0.29) is 18.0 Å². The summed E-state index contributed by atoms with van der Waals surface area (Å²) in [4.78, 5) is 16.7. The maximum Gasteiger partial charge on any atom is 0.410 e. The second-order valence-corrected chi connectivity index (χ2v) is 9.11. The average Bonchev–Trinajstić information content (AvgIpc) is 2.77. The number of fused-ring (bicyclic) bond motifs is 1. The molecule has 0 bridgehead atoms. The van der Waals surface area contributed by atoms with Gasteiger partial charge >= 0.3 is 6.09 Å². The molecule has 2 aromatic carbocycles. The Bertz CT molecular complexity index is 1110. The molecular formula is C25H29FN4O2. The molecule has 1 aliphatic heterocycles. The number of rotatable bonds is 3. The molecule has 2 heterocycles. The lowest BCUT2D eigenvalue weighted by atomic mass is 10.0. The molecule has 0 N–H and O–H groups in total. The van der Waals surface area contributed by atoms with Crippen molar-refractivity contribution in [1.82, 2.24) is 15.1 Å². The molecule has 1 atom stereocenters. The largest absolute Gasteiger partial charge is 0.444 e. The van der Waals surface area contributed by atoms with Gasteiger partial charge in [0.1, 0.15) is 17.1 Å². The van der Waals surface area contributed by atoms with Crippen LogP contribution in [0.2, 0.25) is 0 Å². The molecule has 4 rings (SSSR count). The molecule has 1 aliphatic rings. The predicted octanol–water partition coefficient (Wildman–Crippen LogP) is 5.27. The van der Waals surface area contributed by atoms with Gasteiger partial charge in [-0.2, -0.15) is 0 Å². The van der Waals surface area contributed by atoms with E-state index in [0.29, 0.717) is 19.6 Å². The SMILES string of the molecule is CCC1CN(c2nnc(-c3ccc(F)cc3)c3ccccc23)CCN1C(=O)OC(C)(C)C. The van der Waals surface area contributed by atoms with Crippen molar-refractivity contribution in [3.05, 3.63) is 54.3 Å². The number of carbonyl (C=O) groups is 1. The van der Waals surface area contributed by atoms with Crippen LogP contribution in [-0.2, 0) is 4.74 Å². The molecule has 3 aromatic rings. The number of ether oxygens (including phenoxy) is 1. The Kier molecular flexibility index (Phi) is 6.00. The summed E-state index contributed by atoms with van der Waals surface area (Å²) < 4.78 is 19.0. The Hall–Kier alpha value is -3.22. The molecule has 1 unspecified atom stereocenters. The summed E-state index contributed by atoms with van der Waals surface area (Å²) in [6, 6.07) is 14.3. The van der Waals surface area contributed by atoms with Crippen LogP contribution in [0.5, 0.6) is 0 Å². The Morgan fingerprint density at radius 2 is 1.75 bits per heavy atom. The van der Waals surface area contributed by atoms with E-state index in [1.54, 1.807) is 12.1 Å². The van der Waals surface area contributed by atoms with Crippen LogP contribution in [0.25, 0.3) is 22.0 Å². The highest BCUT2D eigenvalue weighted by Crippen LogP contribution is 2.32. The molecule has 1 fully saturated rings. The van der Waals surface area contributed by atoms with Crippen LogP contribution >= 0.6 is 0 Å². The zero-order chi connectivity index (χ0) is 22.9. The first-order valence-electron chi connectivity index (χ1n) is 11.0. The number of carbonyl (C=O) groups excluding carboxylic acids is 1. The minimum absolute atomic E-state index is 0.0240. The molecular weight excluding hydrogens is 407 g/mol. The third-order valence-electron chi connectivity index (χ3n) is 5.67. The number of amides is 1. The number of anilines is 1. The summed E-state index contributed by atoms with van der Waals surface area (Å²) in [5, 5.41) is 11.0. The summed E-state index contributed by atoms with van der Waals surface area (Å²) in [5.41, 5.74) is 1.02. The Morgan fingerprint density at radius 1 is 1.06 bits per heavy atom. The lowest BCUT2D eigenvalue weighted by Crippen LogP contribution is -2.56. The Labute approximate surface area is 188 Å². The van der Waals surface area contributed by atoms with Crippen molar-refractivity contribution in [2.45, 2.75) is 45.8 Å². The van der Waals surface area contributed by atoms with E-state index in [2.05, 4.69) is 22.0 Å². The smallest absolute Gasteiger partial charge is 0.410 e. The fourth-order valence-corrected chi connectivity index (χ4v) is 4.10. The normalized spacial score (nSPS) is 17.0. The summed E-state index contributed by atoms with van der Waals surface area (Å²) in [6.07, 6.45) is 0.543. The Morgan fingerprint density at radius 3 is 2.41 bits per heavy atom. The number of piperazine rings is 1. The molecule has 1 amide bonds. The van der Waals surface area contributed by atoms with Crippen molar-refractivity contribution in [2.75, 3.05) is 24.5 Å². The lowest BCUT2D eigenvalue weighted by Gasteiger charge is -2.42. The number of hydrogen-bond acceptors (Lipinski definition) is 5. The molecule has 0 spiro atoms. The molecule has 0 radical (unpaired) electrons. The van der Waals surface area contributed by atoms with Crippen LogP contribution in [0.3, 0.4) is 0 Å². The number of nitrogens with zero attached hydrogens (tertiary/aromatic N) is 4. The summed E-state index contributed by atoms with van der Waals surface area (Å²) >= 11 is 0. The van der Waals surface area contributed by atoms with E-state index < -0.39 is 5.60 Å². The van der Waals surface area contributed by atoms with E-state index in [9.17, 15) is 9.18 Å². The summed E-state index contributed by atoms with van der Waals surface area (Å²) in [7, 11) is 0. The second kappa shape index (κ2) is 8.73. The molecule has 6 nitrogen and oxygen atoms in total.